The van der Waals surface area contributed by atoms with Crippen LogP contribution in [0.3, 0.4) is 0 Å². The van der Waals surface area contributed by atoms with Gasteiger partial charge in [0.15, 0.2) is 0 Å². The van der Waals surface area contributed by atoms with Crippen molar-refractivity contribution >= 4 is 11.0 Å². The van der Waals surface area contributed by atoms with E-state index >= 15 is 0 Å². The molecule has 1 N–H and O–H groups in total. The summed E-state index contributed by atoms with van der Waals surface area (Å²) >= 11 is 0. The van der Waals surface area contributed by atoms with Crippen molar-refractivity contribution in [2.24, 2.45) is 0 Å². The van der Waals surface area contributed by atoms with Crippen molar-refractivity contribution in [2.75, 3.05) is 0 Å². The number of aryl methyl sites for hydroxylation is 3. The van der Waals surface area contributed by atoms with Gasteiger partial charge in [0.05, 0.1) is 36.6 Å². The highest BCUT2D eigenvalue weighted by Crippen LogP contribution is 2.18. The summed E-state index contributed by atoms with van der Waals surface area (Å²) in [6.45, 7) is 6.78. The summed E-state index contributed by atoms with van der Waals surface area (Å²) in [6.07, 6.45) is 1.19. The molecule has 3 rings (SSSR count). The third-order valence-corrected chi connectivity index (χ3v) is 3.74. The predicted molar refractivity (Wildman–Crippen MR) is 77.8 cm³/mol. The summed E-state index contributed by atoms with van der Waals surface area (Å²) in [4.78, 5) is 4.39. The van der Waals surface area contributed by atoms with E-state index in [-0.39, 0.29) is 0 Å². The van der Waals surface area contributed by atoms with Gasteiger partial charge in [-0.25, -0.2) is 9.67 Å². The van der Waals surface area contributed by atoms with E-state index in [1.807, 2.05) is 11.5 Å². The summed E-state index contributed by atoms with van der Waals surface area (Å²) < 4.78 is 3.56. The SMILES string of the molecule is Cc1cc2ncn(CC(O)Cn3nnnc3C)c2cc1C. The van der Waals surface area contributed by atoms with E-state index in [1.165, 1.54) is 11.1 Å². The second kappa shape index (κ2) is 5.25. The molecule has 1 aromatic carbocycles. The molecule has 0 radical (unpaired) electrons. The van der Waals surface area contributed by atoms with Crippen molar-refractivity contribution in [3.8, 4) is 0 Å². The number of hydrogen-bond acceptors (Lipinski definition) is 5. The predicted octanol–water partition coefficient (Wildman–Crippen LogP) is 1.01. The molecule has 0 saturated carbocycles. The van der Waals surface area contributed by atoms with E-state index in [4.69, 9.17) is 0 Å². The third kappa shape index (κ3) is 2.64. The van der Waals surface area contributed by atoms with Crippen LogP contribution in [0.5, 0.6) is 0 Å². The van der Waals surface area contributed by atoms with E-state index < -0.39 is 6.10 Å². The first-order valence-corrected chi connectivity index (χ1v) is 6.87. The summed E-state index contributed by atoms with van der Waals surface area (Å²) in [7, 11) is 0. The van der Waals surface area contributed by atoms with Crippen LogP contribution in [0.15, 0.2) is 18.5 Å². The second-order valence-electron chi connectivity index (χ2n) is 5.38. The highest BCUT2D eigenvalue weighted by Gasteiger charge is 2.12. The Labute approximate surface area is 122 Å². The Kier molecular flexibility index (Phi) is 3.42. The maximum atomic E-state index is 10.2. The van der Waals surface area contributed by atoms with Crippen LogP contribution in [-0.2, 0) is 13.1 Å². The van der Waals surface area contributed by atoms with Crippen molar-refractivity contribution in [3.63, 3.8) is 0 Å². The zero-order valence-electron chi connectivity index (χ0n) is 12.4. The zero-order chi connectivity index (χ0) is 15.0. The molecule has 0 aliphatic carbocycles. The van der Waals surface area contributed by atoms with Gasteiger partial charge in [-0.2, -0.15) is 0 Å². The average Bonchev–Trinajstić information content (AvgIpc) is 2.99. The molecule has 0 aliphatic heterocycles. The van der Waals surface area contributed by atoms with Gasteiger partial charge in [0, 0.05) is 0 Å². The van der Waals surface area contributed by atoms with Crippen molar-refractivity contribution in [1.82, 2.24) is 29.8 Å². The van der Waals surface area contributed by atoms with Crippen LogP contribution >= 0.6 is 0 Å². The van der Waals surface area contributed by atoms with Crippen molar-refractivity contribution < 1.29 is 5.11 Å². The molecule has 21 heavy (non-hydrogen) atoms. The molecule has 3 aromatic rings. The van der Waals surface area contributed by atoms with Gasteiger partial charge in [0.2, 0.25) is 0 Å². The van der Waals surface area contributed by atoms with Gasteiger partial charge in [0.25, 0.3) is 0 Å². The molecule has 1 atom stereocenters. The third-order valence-electron chi connectivity index (χ3n) is 3.74. The van der Waals surface area contributed by atoms with Crippen molar-refractivity contribution in [1.29, 1.82) is 0 Å². The molecule has 0 spiro atoms. The number of hydrogen-bond donors (Lipinski definition) is 1. The molecule has 7 heteroatoms. The first-order valence-electron chi connectivity index (χ1n) is 6.87. The van der Waals surface area contributed by atoms with Crippen LogP contribution in [0.25, 0.3) is 11.0 Å². The fraction of sp³-hybridized carbons (Fsp3) is 0.429. The molecule has 2 aromatic heterocycles. The lowest BCUT2D eigenvalue weighted by molar-refractivity contribution is 0.129. The molecule has 110 valence electrons. The lowest BCUT2D eigenvalue weighted by Crippen LogP contribution is -2.23. The fourth-order valence-corrected chi connectivity index (χ4v) is 2.36. The number of aromatic nitrogens is 6. The Morgan fingerprint density at radius 3 is 2.62 bits per heavy atom. The Balaban J connectivity index is 1.81. The summed E-state index contributed by atoms with van der Waals surface area (Å²) in [5, 5.41) is 21.5. The molecule has 0 bridgehead atoms. The number of fused-ring (bicyclic) bond motifs is 1. The van der Waals surface area contributed by atoms with Gasteiger partial charge < -0.3 is 9.67 Å². The minimum atomic E-state index is -0.578. The van der Waals surface area contributed by atoms with Crippen LogP contribution in [-0.4, -0.2) is 41.0 Å². The lowest BCUT2D eigenvalue weighted by Gasteiger charge is -2.12. The van der Waals surface area contributed by atoms with Gasteiger partial charge >= 0.3 is 0 Å². The Bertz CT molecular complexity index is 775. The molecule has 1 unspecified atom stereocenters. The number of aliphatic hydroxyl groups is 1. The standard InChI is InChI=1S/C14H18N6O/c1-9-4-13-14(5-10(9)2)19(8-15-13)6-12(21)7-20-11(3)16-17-18-20/h4-5,8,12,21H,6-7H2,1-3H3. The maximum Gasteiger partial charge on any atom is 0.148 e. The highest BCUT2D eigenvalue weighted by atomic mass is 16.3. The first kappa shape index (κ1) is 13.7. The van der Waals surface area contributed by atoms with E-state index in [0.717, 1.165) is 11.0 Å². The topological polar surface area (TPSA) is 81.6 Å². The Hall–Kier alpha value is -2.28. The molecule has 0 amide bonds. The molecule has 0 aliphatic rings. The smallest absolute Gasteiger partial charge is 0.148 e. The lowest BCUT2D eigenvalue weighted by atomic mass is 10.1. The number of rotatable bonds is 4. The quantitative estimate of drug-likeness (QED) is 0.774. The van der Waals surface area contributed by atoms with E-state index in [2.05, 4.69) is 46.5 Å². The first-order chi connectivity index (χ1) is 10.0. The number of tetrazole rings is 1. The van der Waals surface area contributed by atoms with E-state index in [9.17, 15) is 5.11 Å². The van der Waals surface area contributed by atoms with Crippen LogP contribution in [0.2, 0.25) is 0 Å². The number of aliphatic hydroxyl groups excluding tert-OH is 1. The molecular formula is C14H18N6O. The van der Waals surface area contributed by atoms with Gasteiger partial charge in [-0.1, -0.05) is 0 Å². The van der Waals surface area contributed by atoms with Gasteiger partial charge in [-0.3, -0.25) is 0 Å². The number of benzene rings is 1. The largest absolute Gasteiger partial charge is 0.389 e. The minimum Gasteiger partial charge on any atom is -0.389 e. The maximum absolute atomic E-state index is 10.2. The van der Waals surface area contributed by atoms with Gasteiger partial charge in [0.1, 0.15) is 5.82 Å². The monoisotopic (exact) mass is 286 g/mol. The zero-order valence-corrected chi connectivity index (χ0v) is 12.4. The van der Waals surface area contributed by atoms with Crippen molar-refractivity contribution in [2.45, 2.75) is 40.0 Å². The minimum absolute atomic E-state index is 0.364. The molecule has 2 heterocycles. The van der Waals surface area contributed by atoms with Crippen molar-refractivity contribution in [3.05, 3.63) is 35.4 Å². The summed E-state index contributed by atoms with van der Waals surface area (Å²) in [5.74, 6) is 0.691. The Morgan fingerprint density at radius 1 is 1.14 bits per heavy atom. The number of nitrogens with zero attached hydrogens (tertiary/aromatic N) is 6. The van der Waals surface area contributed by atoms with Crippen LogP contribution < -0.4 is 0 Å². The second-order valence-corrected chi connectivity index (χ2v) is 5.38. The van der Waals surface area contributed by atoms with Crippen LogP contribution in [0, 0.1) is 20.8 Å². The molecule has 0 saturated heterocycles. The van der Waals surface area contributed by atoms with E-state index in [0.29, 0.717) is 18.9 Å². The van der Waals surface area contributed by atoms with E-state index in [1.54, 1.807) is 11.0 Å². The fourth-order valence-electron chi connectivity index (χ4n) is 2.36. The summed E-state index contributed by atoms with van der Waals surface area (Å²) in [5.41, 5.74) is 4.42. The highest BCUT2D eigenvalue weighted by molar-refractivity contribution is 5.77. The molecule has 0 fully saturated rings. The van der Waals surface area contributed by atoms with Gasteiger partial charge in [-0.15, -0.1) is 5.10 Å². The number of imidazole rings is 1. The molecule has 7 nitrogen and oxygen atoms in total. The Morgan fingerprint density at radius 2 is 1.90 bits per heavy atom. The van der Waals surface area contributed by atoms with Gasteiger partial charge in [-0.05, 0) is 54.5 Å². The normalized spacial score (nSPS) is 13.0. The molecular weight excluding hydrogens is 268 g/mol. The van der Waals surface area contributed by atoms with Crippen LogP contribution in [0.1, 0.15) is 17.0 Å². The average molecular weight is 286 g/mol. The van der Waals surface area contributed by atoms with Crippen LogP contribution in [0.4, 0.5) is 0 Å². The summed E-state index contributed by atoms with van der Waals surface area (Å²) in [6, 6.07) is 4.17.